The normalized spacial score (nSPS) is 11.3. The molecule has 0 amide bonds. The standard InChI is InChI=1S/C19H14N6S/c1-25-8-17(22-10-25)12-2-4-15-14(6-12)19(21-9-20-15)24-13-3-5-18-16(7-13)23-11-26-18/h2-11H,1H3,(H,20,21,24). The number of benzene rings is 2. The Bertz CT molecular complexity index is 1240. The lowest BCUT2D eigenvalue weighted by molar-refractivity contribution is 0.913. The summed E-state index contributed by atoms with van der Waals surface area (Å²) < 4.78 is 3.10. The highest BCUT2D eigenvalue weighted by Gasteiger charge is 2.09. The van der Waals surface area contributed by atoms with Crippen LogP contribution in [0, 0.1) is 0 Å². The number of rotatable bonds is 3. The van der Waals surface area contributed by atoms with Gasteiger partial charge in [0.05, 0.1) is 33.3 Å². The lowest BCUT2D eigenvalue weighted by Crippen LogP contribution is -1.96. The highest BCUT2D eigenvalue weighted by Crippen LogP contribution is 2.29. The summed E-state index contributed by atoms with van der Waals surface area (Å²) in [4.78, 5) is 17.6. The van der Waals surface area contributed by atoms with Crippen LogP contribution in [0.1, 0.15) is 0 Å². The van der Waals surface area contributed by atoms with Crippen LogP contribution in [0.25, 0.3) is 32.4 Å². The van der Waals surface area contributed by atoms with Crippen LogP contribution in [-0.4, -0.2) is 24.5 Å². The quantitative estimate of drug-likeness (QED) is 0.518. The highest BCUT2D eigenvalue weighted by atomic mass is 32.1. The summed E-state index contributed by atoms with van der Waals surface area (Å²) in [5, 5.41) is 4.35. The Morgan fingerprint density at radius 3 is 2.81 bits per heavy atom. The molecule has 0 aliphatic heterocycles. The van der Waals surface area contributed by atoms with E-state index in [1.165, 1.54) is 4.70 Å². The van der Waals surface area contributed by atoms with Crippen molar-refractivity contribution in [2.75, 3.05) is 5.32 Å². The molecule has 0 spiro atoms. The van der Waals surface area contributed by atoms with E-state index in [2.05, 4.69) is 37.4 Å². The van der Waals surface area contributed by atoms with E-state index < -0.39 is 0 Å². The minimum Gasteiger partial charge on any atom is -0.340 e. The molecular weight excluding hydrogens is 344 g/mol. The van der Waals surface area contributed by atoms with E-state index in [1.54, 1.807) is 24.0 Å². The van der Waals surface area contributed by atoms with Crippen molar-refractivity contribution in [1.29, 1.82) is 0 Å². The summed E-state index contributed by atoms with van der Waals surface area (Å²) in [6, 6.07) is 12.2. The van der Waals surface area contributed by atoms with Gasteiger partial charge in [0, 0.05) is 29.9 Å². The minimum atomic E-state index is 0.766. The van der Waals surface area contributed by atoms with Crippen LogP contribution in [-0.2, 0) is 7.05 Å². The minimum absolute atomic E-state index is 0.766. The zero-order valence-corrected chi connectivity index (χ0v) is 14.7. The first kappa shape index (κ1) is 15.0. The molecule has 26 heavy (non-hydrogen) atoms. The molecule has 5 aromatic rings. The number of anilines is 2. The second-order valence-electron chi connectivity index (χ2n) is 6.04. The second-order valence-corrected chi connectivity index (χ2v) is 6.92. The van der Waals surface area contributed by atoms with Crippen LogP contribution in [0.3, 0.4) is 0 Å². The van der Waals surface area contributed by atoms with Gasteiger partial charge in [0.1, 0.15) is 12.1 Å². The van der Waals surface area contributed by atoms with Gasteiger partial charge in [-0.1, -0.05) is 6.07 Å². The Kier molecular flexibility index (Phi) is 3.39. The van der Waals surface area contributed by atoms with Crippen LogP contribution in [0.2, 0.25) is 0 Å². The van der Waals surface area contributed by atoms with Gasteiger partial charge in [-0.2, -0.15) is 0 Å². The molecule has 0 bridgehead atoms. The van der Waals surface area contributed by atoms with Crippen molar-refractivity contribution < 1.29 is 0 Å². The van der Waals surface area contributed by atoms with E-state index in [9.17, 15) is 0 Å². The molecule has 0 saturated carbocycles. The summed E-state index contributed by atoms with van der Waals surface area (Å²) in [7, 11) is 1.96. The maximum atomic E-state index is 4.44. The van der Waals surface area contributed by atoms with Crippen molar-refractivity contribution in [2.24, 2.45) is 7.05 Å². The van der Waals surface area contributed by atoms with Gasteiger partial charge >= 0.3 is 0 Å². The van der Waals surface area contributed by atoms with E-state index in [4.69, 9.17) is 0 Å². The van der Waals surface area contributed by atoms with Crippen molar-refractivity contribution in [3.8, 4) is 11.3 Å². The van der Waals surface area contributed by atoms with Crippen molar-refractivity contribution in [3.05, 3.63) is 60.8 Å². The Morgan fingerprint density at radius 2 is 1.92 bits per heavy atom. The molecule has 7 heteroatoms. The molecule has 0 radical (unpaired) electrons. The lowest BCUT2D eigenvalue weighted by Gasteiger charge is -2.09. The number of hydrogen-bond donors (Lipinski definition) is 1. The van der Waals surface area contributed by atoms with Crippen molar-refractivity contribution in [1.82, 2.24) is 24.5 Å². The van der Waals surface area contributed by atoms with Gasteiger partial charge in [-0.25, -0.2) is 19.9 Å². The van der Waals surface area contributed by atoms with E-state index in [0.29, 0.717) is 0 Å². The number of nitrogens with one attached hydrogen (secondary N) is 1. The number of hydrogen-bond acceptors (Lipinski definition) is 6. The van der Waals surface area contributed by atoms with Crippen molar-refractivity contribution in [2.45, 2.75) is 0 Å². The van der Waals surface area contributed by atoms with Gasteiger partial charge in [0.25, 0.3) is 0 Å². The predicted octanol–water partition coefficient (Wildman–Crippen LogP) is 4.38. The number of fused-ring (bicyclic) bond motifs is 2. The van der Waals surface area contributed by atoms with E-state index >= 15 is 0 Å². The number of imidazole rings is 1. The smallest absolute Gasteiger partial charge is 0.141 e. The molecule has 0 saturated heterocycles. The third-order valence-corrected chi connectivity index (χ3v) is 5.04. The summed E-state index contributed by atoms with van der Waals surface area (Å²) >= 11 is 1.63. The van der Waals surface area contributed by atoms with Gasteiger partial charge in [-0.15, -0.1) is 11.3 Å². The summed E-state index contributed by atoms with van der Waals surface area (Å²) in [6.07, 6.45) is 5.37. The van der Waals surface area contributed by atoms with E-state index in [0.717, 1.165) is 39.2 Å². The molecule has 126 valence electrons. The van der Waals surface area contributed by atoms with Crippen LogP contribution in [0.15, 0.2) is 60.8 Å². The molecule has 0 aliphatic rings. The van der Waals surface area contributed by atoms with Crippen LogP contribution in [0.4, 0.5) is 11.5 Å². The molecule has 0 atom stereocenters. The highest BCUT2D eigenvalue weighted by molar-refractivity contribution is 7.16. The molecule has 3 heterocycles. The fourth-order valence-corrected chi connectivity index (χ4v) is 3.61. The first-order valence-electron chi connectivity index (χ1n) is 8.10. The van der Waals surface area contributed by atoms with Crippen molar-refractivity contribution >= 4 is 44.0 Å². The summed E-state index contributed by atoms with van der Waals surface area (Å²) in [6.45, 7) is 0. The molecule has 1 N–H and O–H groups in total. The van der Waals surface area contributed by atoms with Crippen LogP contribution >= 0.6 is 11.3 Å². The Labute approximate surface area is 153 Å². The molecule has 0 fully saturated rings. The Morgan fingerprint density at radius 1 is 0.962 bits per heavy atom. The fraction of sp³-hybridized carbons (Fsp3) is 0.0526. The molecule has 0 aliphatic carbocycles. The van der Waals surface area contributed by atoms with Gasteiger partial charge < -0.3 is 9.88 Å². The third kappa shape index (κ3) is 2.58. The van der Waals surface area contributed by atoms with Gasteiger partial charge in [-0.3, -0.25) is 0 Å². The molecule has 5 rings (SSSR count). The molecule has 0 unspecified atom stereocenters. The maximum Gasteiger partial charge on any atom is 0.141 e. The number of aryl methyl sites for hydroxylation is 1. The summed E-state index contributed by atoms with van der Waals surface area (Å²) in [5.41, 5.74) is 6.63. The van der Waals surface area contributed by atoms with Crippen molar-refractivity contribution in [3.63, 3.8) is 0 Å². The average Bonchev–Trinajstić information content (AvgIpc) is 3.30. The third-order valence-electron chi connectivity index (χ3n) is 4.23. The number of thiazole rings is 1. The SMILES string of the molecule is Cn1cnc(-c2ccc3ncnc(Nc4ccc5scnc5c4)c3c2)c1. The Balaban J connectivity index is 1.59. The predicted molar refractivity (Wildman–Crippen MR) is 105 cm³/mol. The zero-order valence-electron chi connectivity index (χ0n) is 13.9. The fourth-order valence-electron chi connectivity index (χ4n) is 2.95. The number of aromatic nitrogens is 5. The van der Waals surface area contributed by atoms with Gasteiger partial charge in [0.15, 0.2) is 0 Å². The first-order chi connectivity index (χ1) is 12.8. The Hall–Kier alpha value is -3.32. The molecule has 6 nitrogen and oxygen atoms in total. The largest absolute Gasteiger partial charge is 0.340 e. The van der Waals surface area contributed by atoms with E-state index in [1.807, 2.05) is 47.6 Å². The zero-order chi connectivity index (χ0) is 17.5. The average molecular weight is 358 g/mol. The van der Waals surface area contributed by atoms with E-state index in [-0.39, 0.29) is 0 Å². The molecule has 3 aromatic heterocycles. The number of nitrogens with zero attached hydrogens (tertiary/aromatic N) is 5. The topological polar surface area (TPSA) is 68.5 Å². The monoisotopic (exact) mass is 358 g/mol. The summed E-state index contributed by atoms with van der Waals surface area (Å²) in [5.74, 6) is 0.766. The van der Waals surface area contributed by atoms with Crippen LogP contribution < -0.4 is 5.32 Å². The van der Waals surface area contributed by atoms with Crippen LogP contribution in [0.5, 0.6) is 0 Å². The van der Waals surface area contributed by atoms with Gasteiger partial charge in [-0.05, 0) is 30.3 Å². The second kappa shape index (κ2) is 5.89. The first-order valence-corrected chi connectivity index (χ1v) is 8.98. The lowest BCUT2D eigenvalue weighted by atomic mass is 10.1. The van der Waals surface area contributed by atoms with Gasteiger partial charge in [0.2, 0.25) is 0 Å². The molecule has 2 aromatic carbocycles. The molecular formula is C19H14N6S. The maximum absolute atomic E-state index is 4.44.